The van der Waals surface area contributed by atoms with Gasteiger partial charge in [-0.15, -0.1) is 0 Å². The summed E-state index contributed by atoms with van der Waals surface area (Å²) in [6.07, 6.45) is 3.91. The average Bonchev–Trinajstić information content (AvgIpc) is 2.57. The Bertz CT molecular complexity index is 333. The van der Waals surface area contributed by atoms with Gasteiger partial charge < -0.3 is 15.2 Å². The second kappa shape index (κ2) is 4.33. The monoisotopic (exact) mass is 209 g/mol. The second-order valence-electron chi connectivity index (χ2n) is 4.59. The number of hydrogen-bond acceptors (Lipinski definition) is 4. The molecule has 2 rings (SSSR count). The van der Waals surface area contributed by atoms with E-state index in [4.69, 9.17) is 10.3 Å². The van der Waals surface area contributed by atoms with Gasteiger partial charge in [-0.25, -0.2) is 0 Å². The van der Waals surface area contributed by atoms with Gasteiger partial charge in [-0.1, -0.05) is 5.16 Å². The Labute approximate surface area is 90.4 Å². The van der Waals surface area contributed by atoms with Crippen LogP contribution in [0.2, 0.25) is 0 Å². The van der Waals surface area contributed by atoms with E-state index in [2.05, 4.69) is 24.2 Å². The number of likely N-dealkylation sites (N-methyl/N-ethyl adjacent to an activating group) is 1. The molecular formula is C11H19N3O. The number of aromatic nitrogens is 1. The molecule has 0 aliphatic heterocycles. The summed E-state index contributed by atoms with van der Waals surface area (Å²) in [5.41, 5.74) is 8.33. The summed E-state index contributed by atoms with van der Waals surface area (Å²) >= 11 is 0. The number of fused-ring (bicyclic) bond motifs is 1. The first kappa shape index (κ1) is 10.6. The Morgan fingerprint density at radius 2 is 2.33 bits per heavy atom. The fourth-order valence-corrected chi connectivity index (χ4v) is 2.02. The van der Waals surface area contributed by atoms with Gasteiger partial charge in [0.2, 0.25) is 0 Å². The molecule has 1 aliphatic carbocycles. The lowest BCUT2D eigenvalue weighted by molar-refractivity contribution is 0.354. The van der Waals surface area contributed by atoms with E-state index < -0.39 is 0 Å². The van der Waals surface area contributed by atoms with Crippen molar-refractivity contribution in [2.75, 3.05) is 20.6 Å². The molecule has 0 saturated carbocycles. The Morgan fingerprint density at radius 1 is 1.53 bits per heavy atom. The quantitative estimate of drug-likeness (QED) is 0.792. The Balaban J connectivity index is 2.07. The van der Waals surface area contributed by atoms with Crippen LogP contribution < -0.4 is 5.73 Å². The molecule has 84 valence electrons. The lowest BCUT2D eigenvalue weighted by atomic mass is 9.92. The molecule has 1 aromatic rings. The first-order valence-corrected chi connectivity index (χ1v) is 5.53. The topological polar surface area (TPSA) is 55.3 Å². The van der Waals surface area contributed by atoms with Gasteiger partial charge in [-0.3, -0.25) is 0 Å². The summed E-state index contributed by atoms with van der Waals surface area (Å²) < 4.78 is 5.34. The zero-order valence-electron chi connectivity index (χ0n) is 9.49. The van der Waals surface area contributed by atoms with Crippen molar-refractivity contribution in [1.82, 2.24) is 10.1 Å². The maximum absolute atomic E-state index is 5.89. The summed E-state index contributed by atoms with van der Waals surface area (Å²) in [5.74, 6) is 1.02. The van der Waals surface area contributed by atoms with Crippen LogP contribution >= 0.6 is 0 Å². The zero-order chi connectivity index (χ0) is 10.8. The van der Waals surface area contributed by atoms with Gasteiger partial charge >= 0.3 is 0 Å². The van der Waals surface area contributed by atoms with E-state index in [0.29, 0.717) is 0 Å². The Morgan fingerprint density at radius 3 is 3.07 bits per heavy atom. The minimum Gasteiger partial charge on any atom is -0.361 e. The molecule has 1 aliphatic rings. The first-order valence-electron chi connectivity index (χ1n) is 5.53. The van der Waals surface area contributed by atoms with E-state index in [-0.39, 0.29) is 6.04 Å². The van der Waals surface area contributed by atoms with Crippen LogP contribution in [0.1, 0.15) is 23.4 Å². The maximum atomic E-state index is 5.89. The molecule has 0 amide bonds. The van der Waals surface area contributed by atoms with Crippen molar-refractivity contribution in [3.05, 3.63) is 17.0 Å². The molecule has 15 heavy (non-hydrogen) atoms. The van der Waals surface area contributed by atoms with Gasteiger partial charge in [-0.05, 0) is 26.9 Å². The predicted octanol–water partition coefficient (Wildman–Crippen LogP) is 0.595. The Hall–Kier alpha value is -0.870. The minimum atomic E-state index is 0.257. The molecule has 0 bridgehead atoms. The number of hydrogen-bond donors (Lipinski definition) is 1. The van der Waals surface area contributed by atoms with Gasteiger partial charge in [0.25, 0.3) is 0 Å². The fourth-order valence-electron chi connectivity index (χ4n) is 2.02. The van der Waals surface area contributed by atoms with Crippen molar-refractivity contribution >= 4 is 0 Å². The van der Waals surface area contributed by atoms with E-state index in [1.165, 1.54) is 5.56 Å². The van der Waals surface area contributed by atoms with Crippen LogP contribution in [-0.4, -0.2) is 36.7 Å². The highest BCUT2D eigenvalue weighted by Crippen LogP contribution is 2.24. The second-order valence-corrected chi connectivity index (χ2v) is 4.59. The van der Waals surface area contributed by atoms with Crippen molar-refractivity contribution in [1.29, 1.82) is 0 Å². The van der Waals surface area contributed by atoms with E-state index in [9.17, 15) is 0 Å². The van der Waals surface area contributed by atoms with E-state index >= 15 is 0 Å². The lowest BCUT2D eigenvalue weighted by Crippen LogP contribution is -2.27. The highest BCUT2D eigenvalue weighted by molar-refractivity contribution is 5.26. The summed E-state index contributed by atoms with van der Waals surface area (Å²) in [7, 11) is 4.14. The number of rotatable bonds is 3. The molecule has 0 aromatic carbocycles. The maximum Gasteiger partial charge on any atom is 0.141 e. The SMILES string of the molecule is CN(C)CCc1noc2c1CCC(N)C2. The summed E-state index contributed by atoms with van der Waals surface area (Å²) in [5, 5.41) is 4.15. The largest absolute Gasteiger partial charge is 0.361 e. The Kier molecular flexibility index (Phi) is 3.07. The molecule has 1 heterocycles. The molecular weight excluding hydrogens is 190 g/mol. The first-order chi connectivity index (χ1) is 7.16. The summed E-state index contributed by atoms with van der Waals surface area (Å²) in [4.78, 5) is 2.16. The van der Waals surface area contributed by atoms with Crippen LogP contribution in [0.3, 0.4) is 0 Å². The lowest BCUT2D eigenvalue weighted by Gasteiger charge is -2.16. The van der Waals surface area contributed by atoms with Crippen LogP contribution in [0.5, 0.6) is 0 Å². The molecule has 4 heteroatoms. The highest BCUT2D eigenvalue weighted by Gasteiger charge is 2.23. The summed E-state index contributed by atoms with van der Waals surface area (Å²) in [6.45, 7) is 1.02. The third kappa shape index (κ3) is 2.38. The molecule has 1 aromatic heterocycles. The molecule has 1 unspecified atom stereocenters. The normalized spacial score (nSPS) is 20.7. The van der Waals surface area contributed by atoms with Gasteiger partial charge in [0.05, 0.1) is 5.69 Å². The van der Waals surface area contributed by atoms with Crippen molar-refractivity contribution in [2.45, 2.75) is 31.7 Å². The number of nitrogens with zero attached hydrogens (tertiary/aromatic N) is 2. The zero-order valence-corrected chi connectivity index (χ0v) is 9.49. The van der Waals surface area contributed by atoms with Gasteiger partial charge in [0.15, 0.2) is 0 Å². The number of nitrogens with two attached hydrogens (primary N) is 1. The van der Waals surface area contributed by atoms with E-state index in [0.717, 1.165) is 43.7 Å². The van der Waals surface area contributed by atoms with Crippen LogP contribution in [0.25, 0.3) is 0 Å². The predicted molar refractivity (Wildman–Crippen MR) is 58.8 cm³/mol. The van der Waals surface area contributed by atoms with Crippen LogP contribution in [0.15, 0.2) is 4.52 Å². The van der Waals surface area contributed by atoms with Gasteiger partial charge in [0.1, 0.15) is 5.76 Å². The highest BCUT2D eigenvalue weighted by atomic mass is 16.5. The van der Waals surface area contributed by atoms with Crippen LogP contribution in [0.4, 0.5) is 0 Å². The third-order valence-electron chi connectivity index (χ3n) is 2.96. The van der Waals surface area contributed by atoms with Crippen molar-refractivity contribution in [3.63, 3.8) is 0 Å². The smallest absolute Gasteiger partial charge is 0.141 e. The van der Waals surface area contributed by atoms with Gasteiger partial charge in [-0.2, -0.15) is 0 Å². The van der Waals surface area contributed by atoms with Crippen LogP contribution in [-0.2, 0) is 19.3 Å². The molecule has 0 saturated heterocycles. The van der Waals surface area contributed by atoms with Crippen molar-refractivity contribution in [2.24, 2.45) is 5.73 Å². The van der Waals surface area contributed by atoms with Gasteiger partial charge in [0, 0.05) is 31.0 Å². The molecule has 2 N–H and O–H groups in total. The molecule has 0 fully saturated rings. The molecule has 1 atom stereocenters. The van der Waals surface area contributed by atoms with E-state index in [1.807, 2.05) is 0 Å². The standard InChI is InChI=1S/C11H19N3O/c1-14(2)6-5-10-9-4-3-8(12)7-11(9)15-13-10/h8H,3-7,12H2,1-2H3. The molecule has 0 radical (unpaired) electrons. The molecule has 0 spiro atoms. The third-order valence-corrected chi connectivity index (χ3v) is 2.96. The van der Waals surface area contributed by atoms with E-state index in [1.54, 1.807) is 0 Å². The van der Waals surface area contributed by atoms with Crippen LogP contribution in [0, 0.1) is 0 Å². The summed E-state index contributed by atoms with van der Waals surface area (Å²) in [6, 6.07) is 0.257. The van der Waals surface area contributed by atoms with Crippen molar-refractivity contribution in [3.8, 4) is 0 Å². The molecule has 4 nitrogen and oxygen atoms in total. The minimum absolute atomic E-state index is 0.257. The average molecular weight is 209 g/mol. The fraction of sp³-hybridized carbons (Fsp3) is 0.727. The van der Waals surface area contributed by atoms with Crippen molar-refractivity contribution < 1.29 is 4.52 Å².